The maximum Gasteiger partial charge on any atom is 0.314 e. The Morgan fingerprint density at radius 2 is 1.52 bits per heavy atom. The molecule has 1 saturated heterocycles. The van der Waals surface area contributed by atoms with Crippen molar-refractivity contribution in [1.29, 1.82) is 0 Å². The molecular formula is C19H24N4O5S. The number of carbonyl (C=O) groups is 1. The Kier molecular flexibility index (Phi) is 5.30. The summed E-state index contributed by atoms with van der Waals surface area (Å²) in [6.07, 6.45) is 5.20. The van der Waals surface area contributed by atoms with E-state index in [1.54, 1.807) is 4.90 Å². The van der Waals surface area contributed by atoms with E-state index in [0.717, 1.165) is 25.7 Å². The van der Waals surface area contributed by atoms with E-state index in [1.165, 1.54) is 28.9 Å². The molecule has 1 aliphatic carbocycles. The summed E-state index contributed by atoms with van der Waals surface area (Å²) in [7, 11) is -3.77. The first-order valence-corrected chi connectivity index (χ1v) is 11.4. The lowest BCUT2D eigenvalue weighted by atomic mass is 9.88. The van der Waals surface area contributed by atoms with Crippen molar-refractivity contribution in [3.05, 3.63) is 38.9 Å². The number of nitrogens with zero attached hydrogens (tertiary/aromatic N) is 2. The van der Waals surface area contributed by atoms with E-state index in [4.69, 9.17) is 0 Å². The summed E-state index contributed by atoms with van der Waals surface area (Å²) in [4.78, 5) is 42.2. The lowest BCUT2D eigenvalue weighted by Crippen LogP contribution is -2.52. The van der Waals surface area contributed by atoms with Gasteiger partial charge in [0.1, 0.15) is 0 Å². The molecule has 0 unspecified atom stereocenters. The number of nitrogens with one attached hydrogen (secondary N) is 2. The van der Waals surface area contributed by atoms with Crippen LogP contribution in [0.15, 0.2) is 32.7 Å². The van der Waals surface area contributed by atoms with Gasteiger partial charge >= 0.3 is 11.1 Å². The van der Waals surface area contributed by atoms with Crippen LogP contribution in [0.2, 0.25) is 0 Å². The zero-order chi connectivity index (χ0) is 20.6. The molecule has 0 spiro atoms. The normalized spacial score (nSPS) is 19.5. The maximum atomic E-state index is 13.0. The summed E-state index contributed by atoms with van der Waals surface area (Å²) in [6.45, 7) is 1.24. The van der Waals surface area contributed by atoms with E-state index < -0.39 is 21.1 Å². The van der Waals surface area contributed by atoms with Gasteiger partial charge in [0.25, 0.3) is 0 Å². The number of H-pyrrole nitrogens is 2. The van der Waals surface area contributed by atoms with Crippen LogP contribution in [0.4, 0.5) is 0 Å². The van der Waals surface area contributed by atoms with Gasteiger partial charge in [-0.05, 0) is 31.0 Å². The summed E-state index contributed by atoms with van der Waals surface area (Å²) in [6, 6.07) is 4.22. The van der Waals surface area contributed by atoms with E-state index in [9.17, 15) is 22.8 Å². The highest BCUT2D eigenvalue weighted by molar-refractivity contribution is 7.89. The molecule has 2 aliphatic rings. The summed E-state index contributed by atoms with van der Waals surface area (Å²) >= 11 is 0. The first-order chi connectivity index (χ1) is 13.9. The molecule has 0 radical (unpaired) electrons. The fourth-order valence-corrected chi connectivity index (χ4v) is 5.61. The maximum absolute atomic E-state index is 13.0. The zero-order valence-corrected chi connectivity index (χ0v) is 16.8. The molecule has 1 amide bonds. The van der Waals surface area contributed by atoms with Crippen molar-refractivity contribution in [2.24, 2.45) is 5.92 Å². The number of hydrogen-bond donors (Lipinski definition) is 2. The van der Waals surface area contributed by atoms with Crippen molar-refractivity contribution in [2.75, 3.05) is 26.2 Å². The van der Waals surface area contributed by atoms with Crippen molar-refractivity contribution >= 4 is 27.0 Å². The van der Waals surface area contributed by atoms with E-state index in [-0.39, 0.29) is 35.3 Å². The lowest BCUT2D eigenvalue weighted by molar-refractivity contribution is -0.137. The van der Waals surface area contributed by atoms with Crippen molar-refractivity contribution in [1.82, 2.24) is 19.2 Å². The van der Waals surface area contributed by atoms with Gasteiger partial charge in [0.05, 0.1) is 15.9 Å². The second-order valence-corrected chi connectivity index (χ2v) is 9.62. The Balaban J connectivity index is 1.49. The molecule has 1 saturated carbocycles. The SMILES string of the molecule is O=C(C1CCCCC1)N1CCN(S(=O)(=O)c2ccc3[nH]c(=O)c(=O)[nH]c3c2)CC1. The minimum Gasteiger partial charge on any atom is -0.340 e. The summed E-state index contributed by atoms with van der Waals surface area (Å²) < 4.78 is 27.4. The number of aromatic nitrogens is 2. The fourth-order valence-electron chi connectivity index (χ4n) is 4.16. The summed E-state index contributed by atoms with van der Waals surface area (Å²) in [5, 5.41) is 0. The Morgan fingerprint density at radius 3 is 2.17 bits per heavy atom. The highest BCUT2D eigenvalue weighted by Gasteiger charge is 2.33. The first-order valence-electron chi connectivity index (χ1n) is 9.91. The standard InChI is InChI=1S/C19H24N4O5S/c24-17-18(25)21-16-12-14(6-7-15(16)20-17)29(27,28)23-10-8-22(9-11-23)19(26)13-4-2-1-3-5-13/h6-7,12-13H,1-5,8-11H2,(H,20,24)(H,21,25). The van der Waals surface area contributed by atoms with Gasteiger partial charge in [0.15, 0.2) is 0 Å². The van der Waals surface area contributed by atoms with Gasteiger partial charge < -0.3 is 14.9 Å². The van der Waals surface area contributed by atoms with Gasteiger partial charge in [0.2, 0.25) is 15.9 Å². The topological polar surface area (TPSA) is 123 Å². The third kappa shape index (κ3) is 3.86. The largest absolute Gasteiger partial charge is 0.340 e. The molecular weight excluding hydrogens is 396 g/mol. The van der Waals surface area contributed by atoms with Crippen LogP contribution < -0.4 is 11.1 Å². The molecule has 1 aliphatic heterocycles. The number of rotatable bonds is 3. The van der Waals surface area contributed by atoms with Crippen molar-refractivity contribution < 1.29 is 13.2 Å². The van der Waals surface area contributed by atoms with Crippen LogP contribution in [0.25, 0.3) is 11.0 Å². The Hall–Kier alpha value is -2.46. The highest BCUT2D eigenvalue weighted by atomic mass is 32.2. The number of benzene rings is 1. The van der Waals surface area contributed by atoms with Gasteiger partial charge in [-0.3, -0.25) is 14.4 Å². The van der Waals surface area contributed by atoms with Gasteiger partial charge in [-0.25, -0.2) is 8.42 Å². The van der Waals surface area contributed by atoms with Crippen LogP contribution in [0.5, 0.6) is 0 Å². The molecule has 4 rings (SSSR count). The number of fused-ring (bicyclic) bond motifs is 1. The predicted molar refractivity (Wildman–Crippen MR) is 107 cm³/mol. The van der Waals surface area contributed by atoms with E-state index in [0.29, 0.717) is 18.6 Å². The van der Waals surface area contributed by atoms with E-state index in [2.05, 4.69) is 9.97 Å². The molecule has 1 aromatic heterocycles. The molecule has 29 heavy (non-hydrogen) atoms. The summed E-state index contributed by atoms with van der Waals surface area (Å²) in [5.74, 6) is 0.223. The smallest absolute Gasteiger partial charge is 0.314 e. The molecule has 10 heteroatoms. The average molecular weight is 420 g/mol. The highest BCUT2D eigenvalue weighted by Crippen LogP contribution is 2.26. The van der Waals surface area contributed by atoms with Gasteiger partial charge in [0, 0.05) is 32.1 Å². The number of aromatic amines is 2. The number of carbonyl (C=O) groups excluding carboxylic acids is 1. The van der Waals surface area contributed by atoms with Crippen LogP contribution in [0, 0.1) is 5.92 Å². The quantitative estimate of drug-likeness (QED) is 0.705. The molecule has 156 valence electrons. The average Bonchev–Trinajstić information content (AvgIpc) is 2.74. The minimum absolute atomic E-state index is 0.0414. The van der Waals surface area contributed by atoms with E-state index in [1.807, 2.05) is 0 Å². The summed E-state index contributed by atoms with van der Waals surface area (Å²) in [5.41, 5.74) is -1.01. The number of hydrogen-bond acceptors (Lipinski definition) is 5. The Labute approximate surface area is 167 Å². The molecule has 2 N–H and O–H groups in total. The number of sulfonamides is 1. The first kappa shape index (κ1) is 19.8. The third-order valence-electron chi connectivity index (χ3n) is 5.84. The van der Waals surface area contributed by atoms with Crippen molar-refractivity contribution in [2.45, 2.75) is 37.0 Å². The number of amides is 1. The molecule has 2 aromatic rings. The van der Waals surface area contributed by atoms with Gasteiger partial charge in [-0.2, -0.15) is 4.31 Å². The van der Waals surface area contributed by atoms with Crippen LogP contribution in [-0.2, 0) is 14.8 Å². The van der Waals surface area contributed by atoms with Crippen LogP contribution in [0.3, 0.4) is 0 Å². The Bertz CT molecular complexity index is 1140. The number of piperazine rings is 1. The van der Waals surface area contributed by atoms with Crippen LogP contribution in [0.1, 0.15) is 32.1 Å². The second kappa shape index (κ2) is 7.75. The lowest BCUT2D eigenvalue weighted by Gasteiger charge is -2.36. The van der Waals surface area contributed by atoms with Crippen LogP contribution in [-0.4, -0.2) is 59.7 Å². The van der Waals surface area contributed by atoms with Crippen molar-refractivity contribution in [3.63, 3.8) is 0 Å². The third-order valence-corrected chi connectivity index (χ3v) is 7.73. The zero-order valence-electron chi connectivity index (χ0n) is 16.0. The molecule has 0 atom stereocenters. The van der Waals surface area contributed by atoms with Gasteiger partial charge in [-0.1, -0.05) is 19.3 Å². The van der Waals surface area contributed by atoms with E-state index >= 15 is 0 Å². The van der Waals surface area contributed by atoms with Crippen molar-refractivity contribution in [3.8, 4) is 0 Å². The fraction of sp³-hybridized carbons (Fsp3) is 0.526. The van der Waals surface area contributed by atoms with Crippen LogP contribution >= 0.6 is 0 Å². The van der Waals surface area contributed by atoms with Gasteiger partial charge in [-0.15, -0.1) is 0 Å². The molecule has 2 fully saturated rings. The molecule has 9 nitrogen and oxygen atoms in total. The Morgan fingerprint density at radius 1 is 0.897 bits per heavy atom. The monoisotopic (exact) mass is 420 g/mol. The molecule has 1 aromatic carbocycles. The molecule has 0 bridgehead atoms. The second-order valence-electron chi connectivity index (χ2n) is 7.68. The minimum atomic E-state index is -3.77. The predicted octanol–water partition coefficient (Wildman–Crippen LogP) is 0.630. The molecule has 2 heterocycles.